The average molecular weight is 163 g/mol. The Kier molecular flexibility index (Phi) is 5.93. The first-order chi connectivity index (χ1) is 4.70. The zero-order chi connectivity index (χ0) is 7.98. The number of hydrogen-bond donors (Lipinski definition) is 1. The summed E-state index contributed by atoms with van der Waals surface area (Å²) in [6, 6.07) is 0.441. The summed E-state index contributed by atoms with van der Waals surface area (Å²) in [5, 5.41) is 3.27. The molecular weight excluding hydrogens is 146 g/mol. The predicted octanol–water partition coefficient (Wildman–Crippen LogP) is 0.753. The summed E-state index contributed by atoms with van der Waals surface area (Å²) in [5.41, 5.74) is 0. The molecule has 0 spiro atoms. The third-order valence-electron chi connectivity index (χ3n) is 1.42. The SMILES string of the molecule is CCNC(CC)CS(C)=O. The van der Waals surface area contributed by atoms with E-state index < -0.39 is 10.8 Å². The zero-order valence-corrected chi connectivity index (χ0v) is 7.83. The van der Waals surface area contributed by atoms with Crippen molar-refractivity contribution < 1.29 is 4.21 Å². The van der Waals surface area contributed by atoms with Gasteiger partial charge in [-0.1, -0.05) is 13.8 Å². The van der Waals surface area contributed by atoms with Crippen LogP contribution in [0.2, 0.25) is 0 Å². The molecule has 2 unspecified atom stereocenters. The van der Waals surface area contributed by atoms with E-state index in [0.29, 0.717) is 6.04 Å². The van der Waals surface area contributed by atoms with Gasteiger partial charge in [0.05, 0.1) is 0 Å². The van der Waals surface area contributed by atoms with Crippen LogP contribution in [0.25, 0.3) is 0 Å². The van der Waals surface area contributed by atoms with Gasteiger partial charge in [-0.05, 0) is 13.0 Å². The van der Waals surface area contributed by atoms with Crippen molar-refractivity contribution in [3.63, 3.8) is 0 Å². The maximum atomic E-state index is 10.8. The summed E-state index contributed by atoms with van der Waals surface area (Å²) in [5.74, 6) is 0.782. The lowest BCUT2D eigenvalue weighted by atomic mass is 10.2. The Morgan fingerprint density at radius 3 is 2.40 bits per heavy atom. The zero-order valence-electron chi connectivity index (χ0n) is 7.02. The Hall–Kier alpha value is 0.110. The molecule has 0 bridgehead atoms. The molecule has 0 saturated carbocycles. The average Bonchev–Trinajstić information content (AvgIpc) is 1.86. The van der Waals surface area contributed by atoms with Gasteiger partial charge in [0.2, 0.25) is 0 Å². The predicted molar refractivity (Wildman–Crippen MR) is 46.7 cm³/mol. The summed E-state index contributed by atoms with van der Waals surface area (Å²) < 4.78 is 10.8. The quantitative estimate of drug-likeness (QED) is 0.648. The van der Waals surface area contributed by atoms with Crippen LogP contribution in [0.3, 0.4) is 0 Å². The van der Waals surface area contributed by atoms with Gasteiger partial charge in [0.25, 0.3) is 0 Å². The lowest BCUT2D eigenvalue weighted by molar-refractivity contribution is 0.554. The first-order valence-electron chi connectivity index (χ1n) is 3.74. The maximum absolute atomic E-state index is 10.8. The topological polar surface area (TPSA) is 29.1 Å². The second kappa shape index (κ2) is 5.86. The molecule has 0 aliphatic rings. The van der Waals surface area contributed by atoms with E-state index in [1.54, 1.807) is 6.26 Å². The van der Waals surface area contributed by atoms with Gasteiger partial charge in [0.1, 0.15) is 0 Å². The normalized spacial score (nSPS) is 16.7. The fourth-order valence-corrected chi connectivity index (χ4v) is 1.81. The van der Waals surface area contributed by atoms with E-state index in [2.05, 4.69) is 19.2 Å². The Labute approximate surface area is 65.9 Å². The van der Waals surface area contributed by atoms with Crippen molar-refractivity contribution in [1.82, 2.24) is 5.32 Å². The number of hydrogen-bond acceptors (Lipinski definition) is 2. The lowest BCUT2D eigenvalue weighted by Gasteiger charge is -2.12. The highest BCUT2D eigenvalue weighted by Gasteiger charge is 2.04. The minimum atomic E-state index is -0.660. The van der Waals surface area contributed by atoms with Gasteiger partial charge in [-0.25, -0.2) is 0 Å². The summed E-state index contributed by atoms with van der Waals surface area (Å²) in [7, 11) is -0.660. The lowest BCUT2D eigenvalue weighted by Crippen LogP contribution is -2.32. The molecule has 0 rings (SSSR count). The van der Waals surface area contributed by atoms with Crippen LogP contribution in [0, 0.1) is 0 Å². The van der Waals surface area contributed by atoms with Gasteiger partial charge < -0.3 is 5.32 Å². The molecule has 0 aliphatic heterocycles. The Bertz CT molecular complexity index is 106. The van der Waals surface area contributed by atoms with Crippen molar-refractivity contribution in [1.29, 1.82) is 0 Å². The fourth-order valence-electron chi connectivity index (χ4n) is 0.893. The molecule has 0 amide bonds. The Morgan fingerprint density at radius 1 is 1.50 bits per heavy atom. The van der Waals surface area contributed by atoms with Crippen LogP contribution in [0.4, 0.5) is 0 Å². The standard InChI is InChI=1S/C7H17NOS/c1-4-7(8-5-2)6-10(3)9/h7-8H,4-6H2,1-3H3. The van der Waals surface area contributed by atoms with E-state index in [1.807, 2.05) is 0 Å². The molecule has 0 saturated heterocycles. The monoisotopic (exact) mass is 163 g/mol. The van der Waals surface area contributed by atoms with Gasteiger partial charge in [-0.2, -0.15) is 0 Å². The van der Waals surface area contributed by atoms with E-state index in [4.69, 9.17) is 0 Å². The van der Waals surface area contributed by atoms with Crippen LogP contribution >= 0.6 is 0 Å². The summed E-state index contributed by atoms with van der Waals surface area (Å²) >= 11 is 0. The molecule has 62 valence electrons. The molecule has 0 aromatic carbocycles. The van der Waals surface area contributed by atoms with Gasteiger partial charge in [0, 0.05) is 28.9 Å². The third-order valence-corrected chi connectivity index (χ3v) is 2.29. The van der Waals surface area contributed by atoms with Gasteiger partial charge in [-0.3, -0.25) is 4.21 Å². The molecule has 2 atom stereocenters. The maximum Gasteiger partial charge on any atom is 0.0385 e. The van der Waals surface area contributed by atoms with Gasteiger partial charge >= 0.3 is 0 Å². The minimum absolute atomic E-state index is 0.441. The van der Waals surface area contributed by atoms with E-state index in [1.165, 1.54) is 0 Å². The van der Waals surface area contributed by atoms with Crippen molar-refractivity contribution in [2.45, 2.75) is 26.3 Å². The van der Waals surface area contributed by atoms with Crippen molar-refractivity contribution in [3.05, 3.63) is 0 Å². The highest BCUT2D eigenvalue weighted by atomic mass is 32.2. The number of rotatable bonds is 5. The van der Waals surface area contributed by atoms with Gasteiger partial charge in [-0.15, -0.1) is 0 Å². The first kappa shape index (κ1) is 10.1. The molecule has 1 N–H and O–H groups in total. The summed E-state index contributed by atoms with van der Waals surface area (Å²) in [6.07, 6.45) is 2.81. The fraction of sp³-hybridized carbons (Fsp3) is 1.00. The first-order valence-corrected chi connectivity index (χ1v) is 5.46. The molecule has 0 aliphatic carbocycles. The highest BCUT2D eigenvalue weighted by molar-refractivity contribution is 7.84. The molecule has 2 nitrogen and oxygen atoms in total. The second-order valence-corrected chi connectivity index (χ2v) is 3.88. The second-order valence-electron chi connectivity index (χ2n) is 2.40. The van der Waals surface area contributed by atoms with E-state index in [9.17, 15) is 4.21 Å². The molecule has 0 heterocycles. The molecule has 0 fully saturated rings. The van der Waals surface area contributed by atoms with E-state index in [-0.39, 0.29) is 0 Å². The van der Waals surface area contributed by atoms with Crippen LogP contribution in [-0.2, 0) is 10.8 Å². The van der Waals surface area contributed by atoms with Crippen LogP contribution in [0.1, 0.15) is 20.3 Å². The van der Waals surface area contributed by atoms with Crippen molar-refractivity contribution in [2.75, 3.05) is 18.6 Å². The number of nitrogens with one attached hydrogen (secondary N) is 1. The molecule has 0 radical (unpaired) electrons. The van der Waals surface area contributed by atoms with Gasteiger partial charge in [0.15, 0.2) is 0 Å². The van der Waals surface area contributed by atoms with E-state index >= 15 is 0 Å². The molecular formula is C7H17NOS. The van der Waals surface area contributed by atoms with Crippen molar-refractivity contribution in [3.8, 4) is 0 Å². The van der Waals surface area contributed by atoms with Crippen molar-refractivity contribution >= 4 is 10.8 Å². The Balaban J connectivity index is 3.49. The minimum Gasteiger partial charge on any atom is -0.313 e. The third kappa shape index (κ3) is 4.94. The molecule has 0 aromatic rings. The highest BCUT2D eigenvalue weighted by Crippen LogP contribution is 1.91. The van der Waals surface area contributed by atoms with Crippen LogP contribution in [0.5, 0.6) is 0 Å². The molecule has 0 aromatic heterocycles. The van der Waals surface area contributed by atoms with Crippen LogP contribution in [0.15, 0.2) is 0 Å². The molecule has 10 heavy (non-hydrogen) atoms. The van der Waals surface area contributed by atoms with Crippen LogP contribution < -0.4 is 5.32 Å². The Morgan fingerprint density at radius 2 is 2.10 bits per heavy atom. The smallest absolute Gasteiger partial charge is 0.0385 e. The summed E-state index contributed by atoms with van der Waals surface area (Å²) in [6.45, 7) is 5.15. The van der Waals surface area contributed by atoms with Crippen LogP contribution in [-0.4, -0.2) is 28.8 Å². The molecule has 3 heteroatoms. The summed E-state index contributed by atoms with van der Waals surface area (Å²) in [4.78, 5) is 0. The van der Waals surface area contributed by atoms with E-state index in [0.717, 1.165) is 18.7 Å². The largest absolute Gasteiger partial charge is 0.313 e. The van der Waals surface area contributed by atoms with Crippen molar-refractivity contribution in [2.24, 2.45) is 0 Å².